The Bertz CT molecular complexity index is 853. The molecule has 3 rings (SSSR count). The molecule has 1 N–H and O–H groups in total. The molecular formula is C19H19N3O2. The predicted octanol–water partition coefficient (Wildman–Crippen LogP) is 3.19. The maximum atomic E-state index is 10.9. The molecule has 0 unspecified atom stereocenters. The summed E-state index contributed by atoms with van der Waals surface area (Å²) in [6.07, 6.45) is 3.68. The van der Waals surface area contributed by atoms with Crippen molar-refractivity contribution in [1.82, 2.24) is 9.99 Å². The molecule has 1 amide bonds. The van der Waals surface area contributed by atoms with Crippen LogP contribution in [0.4, 0.5) is 0 Å². The van der Waals surface area contributed by atoms with Crippen molar-refractivity contribution in [3.8, 4) is 5.75 Å². The van der Waals surface area contributed by atoms with Crippen molar-refractivity contribution in [1.29, 1.82) is 0 Å². The van der Waals surface area contributed by atoms with Gasteiger partial charge in [0, 0.05) is 29.6 Å². The first-order valence-corrected chi connectivity index (χ1v) is 7.79. The summed E-state index contributed by atoms with van der Waals surface area (Å²) in [5.41, 5.74) is 4.50. The number of para-hydroxylation sites is 2. The Morgan fingerprint density at radius 3 is 2.71 bits per heavy atom. The van der Waals surface area contributed by atoms with Crippen molar-refractivity contribution in [2.24, 2.45) is 5.10 Å². The van der Waals surface area contributed by atoms with Crippen LogP contribution >= 0.6 is 0 Å². The summed E-state index contributed by atoms with van der Waals surface area (Å²) in [6, 6.07) is 17.9. The maximum absolute atomic E-state index is 10.9. The quantitative estimate of drug-likeness (QED) is 0.560. The number of nitrogens with zero attached hydrogens (tertiary/aromatic N) is 2. The number of fused-ring (bicyclic) bond motifs is 1. The number of nitrogens with one attached hydrogen (secondary N) is 1. The van der Waals surface area contributed by atoms with Gasteiger partial charge in [-0.2, -0.15) is 5.10 Å². The number of benzene rings is 2. The first-order chi connectivity index (χ1) is 11.7. The van der Waals surface area contributed by atoms with Gasteiger partial charge < -0.3 is 9.30 Å². The Morgan fingerprint density at radius 1 is 1.17 bits per heavy atom. The van der Waals surface area contributed by atoms with Gasteiger partial charge in [0.05, 0.1) is 12.8 Å². The molecule has 0 fully saturated rings. The van der Waals surface area contributed by atoms with E-state index in [0.717, 1.165) is 28.8 Å². The zero-order valence-corrected chi connectivity index (χ0v) is 13.5. The molecule has 0 aliphatic heterocycles. The summed E-state index contributed by atoms with van der Waals surface area (Å²) < 4.78 is 7.90. The van der Waals surface area contributed by atoms with Gasteiger partial charge in [-0.05, 0) is 18.2 Å². The molecule has 0 aliphatic carbocycles. The molecule has 0 atom stereocenters. The van der Waals surface area contributed by atoms with Crippen molar-refractivity contribution in [3.05, 3.63) is 66.4 Å². The molecule has 0 bridgehead atoms. The van der Waals surface area contributed by atoms with Crippen LogP contribution in [0, 0.1) is 0 Å². The molecule has 0 aliphatic rings. The Kier molecular flexibility index (Phi) is 4.91. The minimum Gasteiger partial charge on any atom is -0.492 e. The molecule has 0 radical (unpaired) electrons. The van der Waals surface area contributed by atoms with Crippen molar-refractivity contribution in [3.63, 3.8) is 0 Å². The molecule has 24 heavy (non-hydrogen) atoms. The first kappa shape index (κ1) is 15.8. The molecule has 0 saturated heterocycles. The van der Waals surface area contributed by atoms with Crippen molar-refractivity contribution in [2.45, 2.75) is 13.5 Å². The first-order valence-electron chi connectivity index (χ1n) is 7.79. The van der Waals surface area contributed by atoms with E-state index < -0.39 is 0 Å². The average molecular weight is 321 g/mol. The Morgan fingerprint density at radius 2 is 1.92 bits per heavy atom. The third-order valence-electron chi connectivity index (χ3n) is 3.59. The van der Waals surface area contributed by atoms with Gasteiger partial charge in [0.25, 0.3) is 0 Å². The van der Waals surface area contributed by atoms with Crippen LogP contribution in [0.3, 0.4) is 0 Å². The van der Waals surface area contributed by atoms with E-state index >= 15 is 0 Å². The zero-order valence-electron chi connectivity index (χ0n) is 13.5. The molecular weight excluding hydrogens is 302 g/mol. The van der Waals surface area contributed by atoms with Gasteiger partial charge in [-0.1, -0.05) is 36.4 Å². The Labute approximate surface area is 140 Å². The number of aromatic nitrogens is 1. The third-order valence-corrected chi connectivity index (χ3v) is 3.59. The number of hydrazone groups is 1. The van der Waals surface area contributed by atoms with Crippen LogP contribution < -0.4 is 10.2 Å². The lowest BCUT2D eigenvalue weighted by Gasteiger charge is -2.08. The van der Waals surface area contributed by atoms with Crippen LogP contribution in [0.1, 0.15) is 12.5 Å². The lowest BCUT2D eigenvalue weighted by atomic mass is 10.2. The SMILES string of the molecule is CC(=O)N/N=C\c1cn(CCOc2ccccc2)c2ccccc12. The van der Waals surface area contributed by atoms with Crippen LogP contribution in [0.15, 0.2) is 65.9 Å². The zero-order chi connectivity index (χ0) is 16.8. The highest BCUT2D eigenvalue weighted by atomic mass is 16.5. The number of carbonyl (C=O) groups is 1. The van der Waals surface area contributed by atoms with Crippen molar-refractivity contribution in [2.75, 3.05) is 6.61 Å². The van der Waals surface area contributed by atoms with E-state index in [0.29, 0.717) is 6.61 Å². The summed E-state index contributed by atoms with van der Waals surface area (Å²) in [4.78, 5) is 10.9. The normalized spacial score (nSPS) is 11.0. The van der Waals surface area contributed by atoms with Crippen molar-refractivity contribution >= 4 is 23.0 Å². The van der Waals surface area contributed by atoms with E-state index in [1.165, 1.54) is 6.92 Å². The second kappa shape index (κ2) is 7.46. The second-order valence-corrected chi connectivity index (χ2v) is 5.38. The van der Waals surface area contributed by atoms with E-state index in [9.17, 15) is 4.79 Å². The van der Waals surface area contributed by atoms with Gasteiger partial charge in [-0.3, -0.25) is 4.79 Å². The fourth-order valence-corrected chi connectivity index (χ4v) is 2.53. The number of hydrogen-bond donors (Lipinski definition) is 1. The molecule has 1 aromatic heterocycles. The highest BCUT2D eigenvalue weighted by Gasteiger charge is 2.06. The van der Waals surface area contributed by atoms with E-state index in [-0.39, 0.29) is 5.91 Å². The van der Waals surface area contributed by atoms with Crippen LogP contribution in [-0.4, -0.2) is 23.3 Å². The van der Waals surface area contributed by atoms with Gasteiger partial charge in [-0.25, -0.2) is 5.43 Å². The smallest absolute Gasteiger partial charge is 0.236 e. The van der Waals surface area contributed by atoms with Crippen LogP contribution in [0.25, 0.3) is 10.9 Å². The maximum Gasteiger partial charge on any atom is 0.236 e. The average Bonchev–Trinajstić information content (AvgIpc) is 2.94. The summed E-state index contributed by atoms with van der Waals surface area (Å²) in [5.74, 6) is 0.674. The molecule has 1 heterocycles. The summed E-state index contributed by atoms with van der Waals surface area (Å²) >= 11 is 0. The van der Waals surface area contributed by atoms with Gasteiger partial charge >= 0.3 is 0 Å². The van der Waals surface area contributed by atoms with Crippen LogP contribution in [0.2, 0.25) is 0 Å². The van der Waals surface area contributed by atoms with Gasteiger partial charge in [0.1, 0.15) is 12.4 Å². The standard InChI is InChI=1S/C19H19N3O2/c1-15(23)21-20-13-16-14-22(19-10-6-5-9-18(16)19)11-12-24-17-7-3-2-4-8-17/h2-10,13-14H,11-12H2,1H3,(H,21,23)/b20-13-. The minimum absolute atomic E-state index is 0.189. The van der Waals surface area contributed by atoms with Gasteiger partial charge in [-0.15, -0.1) is 0 Å². The van der Waals surface area contributed by atoms with E-state index in [4.69, 9.17) is 4.74 Å². The van der Waals surface area contributed by atoms with E-state index in [2.05, 4.69) is 21.2 Å². The Balaban J connectivity index is 1.75. The number of rotatable bonds is 6. The fraction of sp³-hybridized carbons (Fsp3) is 0.158. The third kappa shape index (κ3) is 3.81. The lowest BCUT2D eigenvalue weighted by molar-refractivity contribution is -0.118. The molecule has 5 nitrogen and oxygen atoms in total. The summed E-state index contributed by atoms with van der Waals surface area (Å²) in [7, 11) is 0. The highest BCUT2D eigenvalue weighted by molar-refractivity contribution is 5.99. The second-order valence-electron chi connectivity index (χ2n) is 5.38. The lowest BCUT2D eigenvalue weighted by Crippen LogP contribution is -2.12. The number of hydrogen-bond acceptors (Lipinski definition) is 3. The van der Waals surface area contributed by atoms with Gasteiger partial charge in [0.2, 0.25) is 5.91 Å². The fourth-order valence-electron chi connectivity index (χ4n) is 2.53. The molecule has 0 spiro atoms. The predicted molar refractivity (Wildman–Crippen MR) is 95.3 cm³/mol. The van der Waals surface area contributed by atoms with Crippen molar-refractivity contribution < 1.29 is 9.53 Å². The number of carbonyl (C=O) groups excluding carboxylic acids is 1. The summed E-state index contributed by atoms with van der Waals surface area (Å²) in [6.45, 7) is 2.73. The monoisotopic (exact) mass is 321 g/mol. The topological polar surface area (TPSA) is 55.6 Å². The number of amides is 1. The number of ether oxygens (including phenoxy) is 1. The molecule has 2 aromatic carbocycles. The van der Waals surface area contributed by atoms with Crippen LogP contribution in [0.5, 0.6) is 5.75 Å². The largest absolute Gasteiger partial charge is 0.492 e. The molecule has 3 aromatic rings. The van der Waals surface area contributed by atoms with E-state index in [1.807, 2.05) is 54.7 Å². The van der Waals surface area contributed by atoms with Crippen LogP contribution in [-0.2, 0) is 11.3 Å². The molecule has 0 saturated carbocycles. The summed E-state index contributed by atoms with van der Waals surface area (Å²) in [5, 5.41) is 5.05. The minimum atomic E-state index is -0.189. The Hall–Kier alpha value is -3.08. The van der Waals surface area contributed by atoms with E-state index in [1.54, 1.807) is 6.21 Å². The highest BCUT2D eigenvalue weighted by Crippen LogP contribution is 2.20. The molecule has 122 valence electrons. The van der Waals surface area contributed by atoms with Gasteiger partial charge in [0.15, 0.2) is 0 Å². The molecule has 5 heteroatoms.